The molecule has 0 atom stereocenters. The van der Waals surface area contributed by atoms with Crippen molar-refractivity contribution in [1.29, 1.82) is 0 Å². The third-order valence-corrected chi connectivity index (χ3v) is 5.94. The molecule has 0 spiro atoms. The summed E-state index contributed by atoms with van der Waals surface area (Å²) in [5.41, 5.74) is 0.416. The van der Waals surface area contributed by atoms with Gasteiger partial charge < -0.3 is 4.74 Å². The van der Waals surface area contributed by atoms with E-state index in [-0.39, 0.29) is 10.7 Å². The van der Waals surface area contributed by atoms with Gasteiger partial charge in [-0.15, -0.1) is 6.58 Å². The van der Waals surface area contributed by atoms with Crippen LogP contribution in [0.3, 0.4) is 0 Å². The van der Waals surface area contributed by atoms with E-state index in [1.165, 1.54) is 17.3 Å². The maximum atomic E-state index is 12.7. The second-order valence-corrected chi connectivity index (χ2v) is 7.70. The van der Waals surface area contributed by atoms with E-state index in [1.54, 1.807) is 24.3 Å². The molecule has 0 aliphatic carbocycles. The zero-order chi connectivity index (χ0) is 16.9. The van der Waals surface area contributed by atoms with Gasteiger partial charge in [0.05, 0.1) is 11.5 Å². The van der Waals surface area contributed by atoms with Crippen molar-refractivity contribution < 1.29 is 17.9 Å². The van der Waals surface area contributed by atoms with Crippen LogP contribution >= 0.6 is 0 Å². The summed E-state index contributed by atoms with van der Waals surface area (Å²) in [6.07, 6.45) is 3.27. The largest absolute Gasteiger partial charge is 0.377 e. The molecule has 1 aliphatic rings. The highest BCUT2D eigenvalue weighted by Gasteiger charge is 2.29. The zero-order valence-corrected chi connectivity index (χ0v) is 14.2. The predicted molar refractivity (Wildman–Crippen MR) is 88.9 cm³/mol. The fraction of sp³-hybridized carbons (Fsp3) is 0.471. The minimum absolute atomic E-state index is 0.139. The van der Waals surface area contributed by atoms with Gasteiger partial charge in [0.15, 0.2) is 5.78 Å². The molecule has 5 nitrogen and oxygen atoms in total. The molecule has 1 saturated heterocycles. The summed E-state index contributed by atoms with van der Waals surface area (Å²) in [4.78, 5) is 11.6. The Labute approximate surface area is 138 Å². The molecule has 0 aromatic heterocycles. The van der Waals surface area contributed by atoms with Crippen molar-refractivity contribution in [1.82, 2.24) is 4.31 Å². The molecular formula is C17H23NO4S. The van der Waals surface area contributed by atoms with Crippen molar-refractivity contribution >= 4 is 15.8 Å². The molecule has 1 fully saturated rings. The predicted octanol–water partition coefficient (Wildman–Crippen LogP) is 2.49. The van der Waals surface area contributed by atoms with E-state index in [4.69, 9.17) is 4.74 Å². The Morgan fingerprint density at radius 3 is 2.70 bits per heavy atom. The first kappa shape index (κ1) is 17.8. The summed E-state index contributed by atoms with van der Waals surface area (Å²) in [6.45, 7) is 7.16. The van der Waals surface area contributed by atoms with Crippen LogP contribution in [0.25, 0.3) is 0 Å². The van der Waals surface area contributed by atoms with Gasteiger partial charge in [0, 0.05) is 25.3 Å². The van der Waals surface area contributed by atoms with Crippen molar-refractivity contribution in [2.24, 2.45) is 5.92 Å². The van der Waals surface area contributed by atoms with Crippen LogP contribution in [0.15, 0.2) is 41.8 Å². The molecule has 2 rings (SSSR count). The molecule has 0 saturated carbocycles. The first-order valence-corrected chi connectivity index (χ1v) is 9.19. The number of benzene rings is 1. The highest BCUT2D eigenvalue weighted by molar-refractivity contribution is 7.89. The molecule has 0 bridgehead atoms. The van der Waals surface area contributed by atoms with E-state index in [9.17, 15) is 13.2 Å². The van der Waals surface area contributed by atoms with Crippen LogP contribution in [0.1, 0.15) is 30.1 Å². The summed E-state index contributed by atoms with van der Waals surface area (Å²) in [5, 5.41) is 0. The van der Waals surface area contributed by atoms with Crippen LogP contribution in [0, 0.1) is 5.92 Å². The highest BCUT2D eigenvalue weighted by atomic mass is 32.2. The molecule has 1 aromatic carbocycles. The number of hydrogen-bond acceptors (Lipinski definition) is 4. The Balaban J connectivity index is 2.03. The zero-order valence-electron chi connectivity index (χ0n) is 13.4. The topological polar surface area (TPSA) is 63.7 Å². The fourth-order valence-corrected chi connectivity index (χ4v) is 4.18. The van der Waals surface area contributed by atoms with E-state index in [0.29, 0.717) is 37.8 Å². The smallest absolute Gasteiger partial charge is 0.243 e. The lowest BCUT2D eigenvalue weighted by molar-refractivity contribution is 0.0982. The Morgan fingerprint density at radius 2 is 2.09 bits per heavy atom. The Bertz CT molecular complexity index is 661. The summed E-state index contributed by atoms with van der Waals surface area (Å²) >= 11 is 0. The summed E-state index contributed by atoms with van der Waals surface area (Å²) in [5.74, 6) is 0.241. The van der Waals surface area contributed by atoms with Gasteiger partial charge in [-0.25, -0.2) is 8.42 Å². The average Bonchev–Trinajstić information content (AvgIpc) is 2.55. The van der Waals surface area contributed by atoms with E-state index < -0.39 is 10.0 Å². The molecule has 0 N–H and O–H groups in total. The number of rotatable bonds is 7. The van der Waals surface area contributed by atoms with Crippen LogP contribution in [0.4, 0.5) is 0 Å². The Kier molecular flexibility index (Phi) is 6.10. The molecule has 6 heteroatoms. The van der Waals surface area contributed by atoms with Crippen LogP contribution < -0.4 is 0 Å². The fourth-order valence-electron chi connectivity index (χ4n) is 2.66. The van der Waals surface area contributed by atoms with Gasteiger partial charge in [-0.3, -0.25) is 4.79 Å². The number of piperidine rings is 1. The summed E-state index contributed by atoms with van der Waals surface area (Å²) in [7, 11) is -3.54. The normalized spacial score (nSPS) is 17.1. The van der Waals surface area contributed by atoms with Gasteiger partial charge in [-0.2, -0.15) is 4.31 Å². The Morgan fingerprint density at radius 1 is 1.39 bits per heavy atom. The lowest BCUT2D eigenvalue weighted by Crippen LogP contribution is -2.39. The van der Waals surface area contributed by atoms with E-state index >= 15 is 0 Å². The maximum Gasteiger partial charge on any atom is 0.243 e. The van der Waals surface area contributed by atoms with Crippen LogP contribution in [-0.2, 0) is 14.8 Å². The van der Waals surface area contributed by atoms with Gasteiger partial charge in [0.25, 0.3) is 0 Å². The number of carbonyl (C=O) groups excluding carboxylic acids is 1. The summed E-state index contributed by atoms with van der Waals surface area (Å²) < 4.78 is 32.3. The second kappa shape index (κ2) is 7.86. The molecule has 1 heterocycles. The summed E-state index contributed by atoms with van der Waals surface area (Å²) in [6, 6.07) is 6.24. The average molecular weight is 337 g/mol. The number of carbonyl (C=O) groups is 1. The molecular weight excluding hydrogens is 314 g/mol. The molecule has 0 amide bonds. The number of ether oxygens (including phenoxy) is 1. The highest BCUT2D eigenvalue weighted by Crippen LogP contribution is 2.24. The Hall–Kier alpha value is -1.50. The van der Waals surface area contributed by atoms with Crippen molar-refractivity contribution in [3.8, 4) is 0 Å². The molecule has 1 aliphatic heterocycles. The number of Topliss-reactive ketones (excluding diaryl/α,β-unsaturated/α-hetero) is 1. The van der Waals surface area contributed by atoms with Crippen molar-refractivity contribution in [2.75, 3.05) is 26.3 Å². The number of sulfonamides is 1. The van der Waals surface area contributed by atoms with E-state index in [2.05, 4.69) is 6.58 Å². The van der Waals surface area contributed by atoms with Gasteiger partial charge in [0.1, 0.15) is 0 Å². The van der Waals surface area contributed by atoms with Crippen LogP contribution in [-0.4, -0.2) is 44.8 Å². The SMILES string of the molecule is C=CCOCC1CCN(S(=O)(=O)c2cccc(C(C)=O)c2)CC1. The first-order valence-electron chi connectivity index (χ1n) is 7.75. The van der Waals surface area contributed by atoms with Crippen molar-refractivity contribution in [3.05, 3.63) is 42.5 Å². The second-order valence-electron chi connectivity index (χ2n) is 5.76. The quantitative estimate of drug-likeness (QED) is 0.436. The minimum Gasteiger partial charge on any atom is -0.377 e. The van der Waals surface area contributed by atoms with E-state index in [1.807, 2.05) is 0 Å². The van der Waals surface area contributed by atoms with Crippen LogP contribution in [0.5, 0.6) is 0 Å². The standard InChI is InChI=1S/C17H23NO4S/c1-3-11-22-13-15-7-9-18(10-8-15)23(20,21)17-6-4-5-16(12-17)14(2)19/h3-6,12,15H,1,7-11,13H2,2H3. The monoisotopic (exact) mass is 337 g/mol. The lowest BCUT2D eigenvalue weighted by Gasteiger charge is -2.31. The number of ketones is 1. The maximum absolute atomic E-state index is 12.7. The third kappa shape index (κ3) is 4.50. The molecule has 0 unspecified atom stereocenters. The van der Waals surface area contributed by atoms with Gasteiger partial charge in [-0.05, 0) is 37.8 Å². The van der Waals surface area contributed by atoms with Crippen molar-refractivity contribution in [3.63, 3.8) is 0 Å². The van der Waals surface area contributed by atoms with Gasteiger partial charge in [0.2, 0.25) is 10.0 Å². The molecule has 23 heavy (non-hydrogen) atoms. The van der Waals surface area contributed by atoms with E-state index in [0.717, 1.165) is 12.8 Å². The third-order valence-electron chi connectivity index (χ3n) is 4.04. The first-order chi connectivity index (χ1) is 10.9. The van der Waals surface area contributed by atoms with Gasteiger partial charge >= 0.3 is 0 Å². The van der Waals surface area contributed by atoms with Crippen LogP contribution in [0.2, 0.25) is 0 Å². The molecule has 1 aromatic rings. The van der Waals surface area contributed by atoms with Crippen molar-refractivity contribution in [2.45, 2.75) is 24.7 Å². The lowest BCUT2D eigenvalue weighted by atomic mass is 9.99. The minimum atomic E-state index is -3.54. The number of hydrogen-bond donors (Lipinski definition) is 0. The van der Waals surface area contributed by atoms with Gasteiger partial charge in [-0.1, -0.05) is 18.2 Å². The molecule has 126 valence electrons. The number of nitrogens with zero attached hydrogens (tertiary/aromatic N) is 1. The molecule has 0 radical (unpaired) electrons.